The van der Waals surface area contributed by atoms with Crippen LogP contribution in [0.4, 0.5) is 0 Å². The third-order valence-electron chi connectivity index (χ3n) is 3.36. The second kappa shape index (κ2) is 10.8. The molecule has 0 unspecified atom stereocenters. The summed E-state index contributed by atoms with van der Waals surface area (Å²) in [7, 11) is 0. The third-order valence-corrected chi connectivity index (χ3v) is 3.36. The van der Waals surface area contributed by atoms with Gasteiger partial charge in [0, 0.05) is 26.2 Å². The minimum absolute atomic E-state index is 0. The maximum Gasteiger partial charge on any atom is 0.188 e. The van der Waals surface area contributed by atoms with Gasteiger partial charge in [0.2, 0.25) is 0 Å². The summed E-state index contributed by atoms with van der Waals surface area (Å²) in [4.78, 5) is 6.70. The zero-order valence-electron chi connectivity index (χ0n) is 12.3. The molecule has 0 saturated carbocycles. The van der Waals surface area contributed by atoms with E-state index in [0.29, 0.717) is 5.96 Å². The van der Waals surface area contributed by atoms with Gasteiger partial charge in [0.05, 0.1) is 19.8 Å². The minimum Gasteiger partial charge on any atom is -0.379 e. The molecule has 0 bridgehead atoms. The highest BCUT2D eigenvalue weighted by Crippen LogP contribution is 1.98. The van der Waals surface area contributed by atoms with Crippen LogP contribution >= 0.6 is 24.0 Å². The molecule has 0 aliphatic carbocycles. The van der Waals surface area contributed by atoms with E-state index in [4.69, 9.17) is 10.5 Å². The highest BCUT2D eigenvalue weighted by Gasteiger charge is 2.08. The van der Waals surface area contributed by atoms with E-state index in [0.717, 1.165) is 52.4 Å². The van der Waals surface area contributed by atoms with Crippen LogP contribution in [0.5, 0.6) is 0 Å². The zero-order valence-corrected chi connectivity index (χ0v) is 14.7. The molecule has 1 aliphatic rings. The minimum atomic E-state index is 0. The lowest BCUT2D eigenvalue weighted by atomic mass is 10.1. The van der Waals surface area contributed by atoms with Crippen LogP contribution in [0.25, 0.3) is 0 Å². The van der Waals surface area contributed by atoms with Crippen molar-refractivity contribution in [2.24, 2.45) is 10.7 Å². The van der Waals surface area contributed by atoms with E-state index in [1.54, 1.807) is 0 Å². The number of nitrogens with zero attached hydrogens (tertiary/aromatic N) is 2. The summed E-state index contributed by atoms with van der Waals surface area (Å²) < 4.78 is 5.31. The van der Waals surface area contributed by atoms with E-state index in [2.05, 4.69) is 39.5 Å². The molecule has 1 fully saturated rings. The smallest absolute Gasteiger partial charge is 0.188 e. The number of hydrogen-bond acceptors (Lipinski definition) is 3. The Bertz CT molecular complexity index is 407. The molecule has 0 radical (unpaired) electrons. The number of aliphatic imine (C=N–C) groups is 1. The molecule has 3 N–H and O–H groups in total. The Morgan fingerprint density at radius 3 is 2.67 bits per heavy atom. The Kier molecular flexibility index (Phi) is 9.36. The van der Waals surface area contributed by atoms with Crippen LogP contribution in [0, 0.1) is 0 Å². The summed E-state index contributed by atoms with van der Waals surface area (Å²) >= 11 is 0. The number of halogens is 1. The molecule has 1 aromatic rings. The van der Waals surface area contributed by atoms with Crippen LogP contribution in [0.1, 0.15) is 5.56 Å². The van der Waals surface area contributed by atoms with Gasteiger partial charge in [-0.25, -0.2) is 0 Å². The standard InChI is InChI=1S/C15H24N4O.HI/c16-15(17-7-6-14-4-2-1-3-5-14)18-8-9-19-10-12-20-13-11-19;/h1-5H,6-13H2,(H3,16,17,18);1H. The summed E-state index contributed by atoms with van der Waals surface area (Å²) in [5.74, 6) is 0.536. The molecule has 0 amide bonds. The molecular weight excluding hydrogens is 379 g/mol. The largest absolute Gasteiger partial charge is 0.379 e. The quantitative estimate of drug-likeness (QED) is 0.423. The van der Waals surface area contributed by atoms with Crippen molar-refractivity contribution in [1.82, 2.24) is 10.2 Å². The fourth-order valence-electron chi connectivity index (χ4n) is 2.17. The van der Waals surface area contributed by atoms with Gasteiger partial charge in [0.1, 0.15) is 0 Å². The molecule has 21 heavy (non-hydrogen) atoms. The molecule has 6 heteroatoms. The molecule has 1 aromatic carbocycles. The lowest BCUT2D eigenvalue weighted by Crippen LogP contribution is -2.38. The topological polar surface area (TPSA) is 62.9 Å². The van der Waals surface area contributed by atoms with E-state index >= 15 is 0 Å². The van der Waals surface area contributed by atoms with Crippen molar-refractivity contribution >= 4 is 29.9 Å². The maximum absolute atomic E-state index is 5.85. The zero-order chi connectivity index (χ0) is 14.0. The van der Waals surface area contributed by atoms with E-state index in [-0.39, 0.29) is 24.0 Å². The van der Waals surface area contributed by atoms with Crippen molar-refractivity contribution in [2.75, 3.05) is 45.9 Å². The van der Waals surface area contributed by atoms with E-state index < -0.39 is 0 Å². The van der Waals surface area contributed by atoms with Gasteiger partial charge in [-0.05, 0) is 12.0 Å². The normalized spacial score (nSPS) is 16.3. The Labute approximate surface area is 144 Å². The number of guanidine groups is 1. The van der Waals surface area contributed by atoms with Gasteiger partial charge in [-0.15, -0.1) is 24.0 Å². The van der Waals surface area contributed by atoms with E-state index in [9.17, 15) is 0 Å². The van der Waals surface area contributed by atoms with E-state index in [1.165, 1.54) is 5.56 Å². The van der Waals surface area contributed by atoms with E-state index in [1.807, 2.05) is 6.07 Å². The van der Waals surface area contributed by atoms with Gasteiger partial charge in [-0.1, -0.05) is 30.3 Å². The summed E-state index contributed by atoms with van der Waals surface area (Å²) in [6.45, 7) is 6.16. The number of hydrogen-bond donors (Lipinski definition) is 2. The molecule has 5 nitrogen and oxygen atoms in total. The average Bonchev–Trinajstić information content (AvgIpc) is 2.49. The molecule has 1 saturated heterocycles. The summed E-state index contributed by atoms with van der Waals surface area (Å²) in [6.07, 6.45) is 0.959. The van der Waals surface area contributed by atoms with Crippen LogP contribution in [0.15, 0.2) is 35.3 Å². The predicted molar refractivity (Wildman–Crippen MR) is 97.3 cm³/mol. The van der Waals surface area contributed by atoms with Gasteiger partial charge < -0.3 is 15.8 Å². The molecule has 1 heterocycles. The van der Waals surface area contributed by atoms with Crippen molar-refractivity contribution in [1.29, 1.82) is 0 Å². The molecule has 1 aliphatic heterocycles. The van der Waals surface area contributed by atoms with Crippen LogP contribution in [-0.4, -0.2) is 56.8 Å². The monoisotopic (exact) mass is 404 g/mol. The van der Waals surface area contributed by atoms with Crippen LogP contribution < -0.4 is 11.1 Å². The van der Waals surface area contributed by atoms with Crippen molar-refractivity contribution in [2.45, 2.75) is 6.42 Å². The second-order valence-corrected chi connectivity index (χ2v) is 4.88. The number of nitrogens with one attached hydrogen (secondary N) is 1. The van der Waals surface area contributed by atoms with Gasteiger partial charge in [-0.3, -0.25) is 9.89 Å². The van der Waals surface area contributed by atoms with Gasteiger partial charge >= 0.3 is 0 Å². The molecule has 118 valence electrons. The molecule has 0 atom stereocenters. The van der Waals surface area contributed by atoms with Crippen LogP contribution in [-0.2, 0) is 11.2 Å². The number of rotatable bonds is 6. The number of ether oxygens (including phenoxy) is 1. The number of benzene rings is 1. The second-order valence-electron chi connectivity index (χ2n) is 4.88. The predicted octanol–water partition coefficient (Wildman–Crippen LogP) is 1.08. The molecular formula is C15H25IN4O. The molecule has 0 spiro atoms. The average molecular weight is 404 g/mol. The lowest BCUT2D eigenvalue weighted by molar-refractivity contribution is 0.0394. The van der Waals surface area contributed by atoms with Crippen LogP contribution in [0.2, 0.25) is 0 Å². The number of nitrogens with two attached hydrogens (primary N) is 1. The van der Waals surface area contributed by atoms with Crippen LogP contribution in [0.3, 0.4) is 0 Å². The first-order valence-corrected chi connectivity index (χ1v) is 7.22. The Balaban J connectivity index is 0.00000220. The summed E-state index contributed by atoms with van der Waals surface area (Å²) in [6, 6.07) is 10.4. The van der Waals surface area contributed by atoms with Crippen molar-refractivity contribution in [3.8, 4) is 0 Å². The first kappa shape index (κ1) is 18.2. The van der Waals surface area contributed by atoms with Crippen molar-refractivity contribution in [3.05, 3.63) is 35.9 Å². The summed E-state index contributed by atoms with van der Waals surface area (Å²) in [5.41, 5.74) is 7.16. The van der Waals surface area contributed by atoms with Gasteiger partial charge in [0.15, 0.2) is 5.96 Å². The fourth-order valence-corrected chi connectivity index (χ4v) is 2.17. The lowest BCUT2D eigenvalue weighted by Gasteiger charge is -2.25. The Hall–Kier alpha value is -0.860. The maximum atomic E-state index is 5.85. The van der Waals surface area contributed by atoms with Crippen molar-refractivity contribution < 1.29 is 4.74 Å². The Morgan fingerprint density at radius 1 is 1.24 bits per heavy atom. The molecule has 2 rings (SSSR count). The highest BCUT2D eigenvalue weighted by molar-refractivity contribution is 14.0. The van der Waals surface area contributed by atoms with Crippen molar-refractivity contribution in [3.63, 3.8) is 0 Å². The number of morpholine rings is 1. The fraction of sp³-hybridized carbons (Fsp3) is 0.533. The first-order chi connectivity index (χ1) is 9.84. The molecule has 0 aromatic heterocycles. The van der Waals surface area contributed by atoms with Gasteiger partial charge in [-0.2, -0.15) is 0 Å². The van der Waals surface area contributed by atoms with Gasteiger partial charge in [0.25, 0.3) is 0 Å². The SMILES string of the molecule is I.NC(=NCCN1CCOCC1)NCCc1ccccc1. The third kappa shape index (κ3) is 7.63. The highest BCUT2D eigenvalue weighted by atomic mass is 127. The Morgan fingerprint density at radius 2 is 1.95 bits per heavy atom. The first-order valence-electron chi connectivity index (χ1n) is 7.22. The summed E-state index contributed by atoms with van der Waals surface area (Å²) in [5, 5.41) is 3.15.